The molecule has 1 fully saturated rings. The van der Waals surface area contributed by atoms with E-state index in [1.54, 1.807) is 0 Å². The Hall–Kier alpha value is -0.280. The van der Waals surface area contributed by atoms with Gasteiger partial charge in [-0.15, -0.1) is 0 Å². The highest BCUT2D eigenvalue weighted by Crippen LogP contribution is 2.28. The third kappa shape index (κ3) is 4.13. The summed E-state index contributed by atoms with van der Waals surface area (Å²) in [4.78, 5) is 2.56. The molecule has 0 bridgehead atoms. The molecule has 1 aliphatic heterocycles. The Kier molecular flexibility index (Phi) is 5.59. The molecule has 1 heterocycles. The van der Waals surface area contributed by atoms with Gasteiger partial charge >= 0.3 is 0 Å². The van der Waals surface area contributed by atoms with Gasteiger partial charge in [0.25, 0.3) is 0 Å². The van der Waals surface area contributed by atoms with Crippen molar-refractivity contribution in [1.29, 1.82) is 0 Å². The average Bonchev–Trinajstić information content (AvgIpc) is 2.43. The molecule has 0 radical (unpaired) electrons. The van der Waals surface area contributed by atoms with Gasteiger partial charge in [0.15, 0.2) is 0 Å². The lowest BCUT2D eigenvalue weighted by atomic mass is 9.89. The van der Waals surface area contributed by atoms with Crippen molar-refractivity contribution < 1.29 is 0 Å². The smallest absolute Gasteiger partial charge is 0.0452 e. The molecule has 0 spiro atoms. The summed E-state index contributed by atoms with van der Waals surface area (Å²) in [7, 11) is 0. The van der Waals surface area contributed by atoms with E-state index in [1.807, 2.05) is 18.2 Å². The van der Waals surface area contributed by atoms with Crippen molar-refractivity contribution in [2.75, 3.05) is 13.1 Å². The molecule has 4 heteroatoms. The normalized spacial score (nSPS) is 27.3. The minimum Gasteiger partial charge on any atom is -0.309 e. The van der Waals surface area contributed by atoms with Crippen LogP contribution in [-0.4, -0.2) is 29.6 Å². The second kappa shape index (κ2) is 6.87. The SMILES string of the molecule is CCC1(C)CN(Cc2cc(Cl)ccc2Cl)C(C(C)C)CN1. The molecule has 1 aromatic carbocycles. The zero-order valence-corrected chi connectivity index (χ0v) is 14.9. The first-order valence-corrected chi connectivity index (χ1v) is 8.53. The van der Waals surface area contributed by atoms with E-state index in [2.05, 4.69) is 37.9 Å². The van der Waals surface area contributed by atoms with Crippen LogP contribution in [0, 0.1) is 5.92 Å². The maximum absolute atomic E-state index is 6.35. The summed E-state index contributed by atoms with van der Waals surface area (Å²) in [6, 6.07) is 6.26. The summed E-state index contributed by atoms with van der Waals surface area (Å²) in [5, 5.41) is 5.28. The molecule has 2 atom stereocenters. The standard InChI is InChI=1S/C17H26Cl2N2/c1-5-17(4)11-21(16(9-20-17)12(2)3)10-13-8-14(18)6-7-15(13)19/h6-8,12,16,20H,5,9-11H2,1-4H3. The molecule has 1 aliphatic rings. The van der Waals surface area contributed by atoms with E-state index in [1.165, 1.54) is 0 Å². The zero-order valence-electron chi connectivity index (χ0n) is 13.4. The number of benzene rings is 1. The molecule has 2 nitrogen and oxygen atoms in total. The number of rotatable bonds is 4. The fourth-order valence-electron chi connectivity index (χ4n) is 3.05. The Morgan fingerprint density at radius 2 is 2.10 bits per heavy atom. The van der Waals surface area contributed by atoms with E-state index >= 15 is 0 Å². The Bertz CT molecular complexity index is 490. The van der Waals surface area contributed by atoms with Crippen molar-refractivity contribution in [1.82, 2.24) is 10.2 Å². The highest BCUT2D eigenvalue weighted by atomic mass is 35.5. The van der Waals surface area contributed by atoms with Gasteiger partial charge in [-0.3, -0.25) is 4.90 Å². The third-order valence-corrected chi connectivity index (χ3v) is 5.29. The molecule has 0 aliphatic carbocycles. The van der Waals surface area contributed by atoms with Crippen LogP contribution in [0.25, 0.3) is 0 Å². The van der Waals surface area contributed by atoms with Crippen LogP contribution in [0.1, 0.15) is 39.7 Å². The number of hydrogen-bond donors (Lipinski definition) is 1. The number of halogens is 2. The van der Waals surface area contributed by atoms with Crippen LogP contribution in [-0.2, 0) is 6.54 Å². The van der Waals surface area contributed by atoms with Gasteiger partial charge in [-0.25, -0.2) is 0 Å². The van der Waals surface area contributed by atoms with E-state index in [0.29, 0.717) is 12.0 Å². The minimum absolute atomic E-state index is 0.177. The maximum atomic E-state index is 6.35. The number of piperazine rings is 1. The van der Waals surface area contributed by atoms with Crippen molar-refractivity contribution >= 4 is 23.2 Å². The van der Waals surface area contributed by atoms with Gasteiger partial charge in [0.2, 0.25) is 0 Å². The quantitative estimate of drug-likeness (QED) is 0.869. The van der Waals surface area contributed by atoms with Crippen molar-refractivity contribution in [2.45, 2.75) is 52.2 Å². The maximum Gasteiger partial charge on any atom is 0.0452 e. The second-order valence-corrected chi connectivity index (χ2v) is 7.59. The van der Waals surface area contributed by atoms with Gasteiger partial charge in [0, 0.05) is 41.3 Å². The van der Waals surface area contributed by atoms with Crippen LogP contribution in [0.15, 0.2) is 18.2 Å². The number of nitrogens with one attached hydrogen (secondary N) is 1. The molecule has 2 unspecified atom stereocenters. The zero-order chi connectivity index (χ0) is 15.6. The van der Waals surface area contributed by atoms with E-state index < -0.39 is 0 Å². The summed E-state index contributed by atoms with van der Waals surface area (Å²) >= 11 is 12.5. The molecule has 1 saturated heterocycles. The molecular formula is C17H26Cl2N2. The predicted octanol–water partition coefficient (Wildman–Crippen LogP) is 4.59. The molecule has 118 valence electrons. The Morgan fingerprint density at radius 1 is 1.38 bits per heavy atom. The summed E-state index contributed by atoms with van der Waals surface area (Å²) in [5.74, 6) is 0.608. The van der Waals surface area contributed by atoms with Crippen molar-refractivity contribution in [2.24, 2.45) is 5.92 Å². The Labute approximate surface area is 138 Å². The fourth-order valence-corrected chi connectivity index (χ4v) is 3.42. The van der Waals surface area contributed by atoms with Gasteiger partial charge in [-0.2, -0.15) is 0 Å². The molecule has 21 heavy (non-hydrogen) atoms. The first-order valence-electron chi connectivity index (χ1n) is 7.77. The monoisotopic (exact) mass is 328 g/mol. The summed E-state index contributed by atoms with van der Waals surface area (Å²) < 4.78 is 0. The topological polar surface area (TPSA) is 15.3 Å². The van der Waals surface area contributed by atoms with Gasteiger partial charge in [0.05, 0.1) is 0 Å². The van der Waals surface area contributed by atoms with Crippen LogP contribution in [0.5, 0.6) is 0 Å². The van der Waals surface area contributed by atoms with Gasteiger partial charge in [0.1, 0.15) is 0 Å². The molecule has 1 aromatic rings. The van der Waals surface area contributed by atoms with Crippen molar-refractivity contribution in [3.63, 3.8) is 0 Å². The predicted molar refractivity (Wildman–Crippen MR) is 92.2 cm³/mol. The first-order chi connectivity index (χ1) is 9.84. The molecule has 2 rings (SSSR count). The van der Waals surface area contributed by atoms with Gasteiger partial charge in [-0.1, -0.05) is 44.0 Å². The van der Waals surface area contributed by atoms with Crippen LogP contribution in [0.2, 0.25) is 10.0 Å². The summed E-state index contributed by atoms with van der Waals surface area (Å²) in [6.07, 6.45) is 1.12. The molecule has 0 amide bonds. The lowest BCUT2D eigenvalue weighted by molar-refractivity contribution is 0.0539. The van der Waals surface area contributed by atoms with Crippen LogP contribution in [0.4, 0.5) is 0 Å². The van der Waals surface area contributed by atoms with Crippen molar-refractivity contribution in [3.8, 4) is 0 Å². The van der Waals surface area contributed by atoms with Crippen molar-refractivity contribution in [3.05, 3.63) is 33.8 Å². The summed E-state index contributed by atoms with van der Waals surface area (Å²) in [6.45, 7) is 12.0. The number of nitrogens with zero attached hydrogens (tertiary/aromatic N) is 1. The lowest BCUT2D eigenvalue weighted by Gasteiger charge is -2.47. The van der Waals surface area contributed by atoms with Crippen LogP contribution >= 0.6 is 23.2 Å². The van der Waals surface area contributed by atoms with E-state index in [4.69, 9.17) is 23.2 Å². The van der Waals surface area contributed by atoms with E-state index in [0.717, 1.165) is 41.7 Å². The first kappa shape index (κ1) is 17.1. The molecular weight excluding hydrogens is 303 g/mol. The molecule has 0 aromatic heterocycles. The average molecular weight is 329 g/mol. The second-order valence-electron chi connectivity index (χ2n) is 6.75. The van der Waals surface area contributed by atoms with Gasteiger partial charge < -0.3 is 5.32 Å². The van der Waals surface area contributed by atoms with Gasteiger partial charge in [-0.05, 0) is 43.0 Å². The number of hydrogen-bond acceptors (Lipinski definition) is 2. The highest BCUT2D eigenvalue weighted by Gasteiger charge is 2.35. The van der Waals surface area contributed by atoms with E-state index in [9.17, 15) is 0 Å². The minimum atomic E-state index is 0.177. The van der Waals surface area contributed by atoms with E-state index in [-0.39, 0.29) is 5.54 Å². The molecule has 1 N–H and O–H groups in total. The van der Waals surface area contributed by atoms with Crippen LogP contribution in [0.3, 0.4) is 0 Å². The fraction of sp³-hybridized carbons (Fsp3) is 0.647. The molecule has 0 saturated carbocycles. The lowest BCUT2D eigenvalue weighted by Crippen LogP contribution is -2.63. The highest BCUT2D eigenvalue weighted by molar-refractivity contribution is 6.33. The largest absolute Gasteiger partial charge is 0.309 e. The summed E-state index contributed by atoms with van der Waals surface area (Å²) in [5.41, 5.74) is 1.30. The van der Waals surface area contributed by atoms with Crippen LogP contribution < -0.4 is 5.32 Å². The Morgan fingerprint density at radius 3 is 2.71 bits per heavy atom. The Balaban J connectivity index is 2.22. The third-order valence-electron chi connectivity index (χ3n) is 4.69.